The van der Waals surface area contributed by atoms with Crippen LogP contribution in [-0.2, 0) is 0 Å². The van der Waals surface area contributed by atoms with Crippen molar-refractivity contribution < 1.29 is 0 Å². The van der Waals surface area contributed by atoms with E-state index in [0.29, 0.717) is 12.5 Å². The second-order valence-corrected chi connectivity index (χ2v) is 4.70. The van der Waals surface area contributed by atoms with Crippen molar-refractivity contribution in [2.24, 2.45) is 0 Å². The van der Waals surface area contributed by atoms with Crippen LogP contribution >= 0.6 is 11.6 Å². The molecule has 1 heterocycles. The van der Waals surface area contributed by atoms with E-state index in [9.17, 15) is 0 Å². The van der Waals surface area contributed by atoms with Gasteiger partial charge in [-0.25, -0.2) is 0 Å². The van der Waals surface area contributed by atoms with Crippen LogP contribution in [0, 0.1) is 11.3 Å². The van der Waals surface area contributed by atoms with Gasteiger partial charge in [0.15, 0.2) is 0 Å². The summed E-state index contributed by atoms with van der Waals surface area (Å²) in [6.45, 7) is 2.62. The number of hydrogen-bond acceptors (Lipinski definition) is 2. The Hall–Kier alpha value is -1.04. The van der Waals surface area contributed by atoms with Crippen LogP contribution < -0.4 is 0 Å². The van der Waals surface area contributed by atoms with Gasteiger partial charge < -0.3 is 0 Å². The number of nitriles is 1. The molecule has 1 fully saturated rings. The molecule has 0 N–H and O–H groups in total. The minimum atomic E-state index is 0.563. The minimum Gasteiger partial charge on any atom is -0.291 e. The second kappa shape index (κ2) is 5.34. The summed E-state index contributed by atoms with van der Waals surface area (Å²) in [4.78, 5) is 2.21. The van der Waals surface area contributed by atoms with Crippen molar-refractivity contribution in [1.82, 2.24) is 4.90 Å². The topological polar surface area (TPSA) is 27.0 Å². The molecule has 2 rings (SSSR count). The summed E-state index contributed by atoms with van der Waals surface area (Å²) in [7, 11) is 0. The van der Waals surface area contributed by atoms with Crippen LogP contribution in [0.25, 0.3) is 0 Å². The molecule has 16 heavy (non-hydrogen) atoms. The fraction of sp³-hybridized carbons (Fsp3) is 0.462. The Morgan fingerprint density at radius 1 is 1.25 bits per heavy atom. The van der Waals surface area contributed by atoms with Crippen molar-refractivity contribution in [2.75, 3.05) is 19.6 Å². The molecule has 2 nitrogen and oxygen atoms in total. The largest absolute Gasteiger partial charge is 0.291 e. The Morgan fingerprint density at radius 3 is 2.44 bits per heavy atom. The molecule has 1 aromatic rings. The Kier molecular flexibility index (Phi) is 3.82. The van der Waals surface area contributed by atoms with Gasteiger partial charge in [0.05, 0.1) is 12.6 Å². The molecule has 1 aliphatic rings. The van der Waals surface area contributed by atoms with E-state index in [1.54, 1.807) is 0 Å². The first-order valence-corrected chi connectivity index (χ1v) is 6.02. The summed E-state index contributed by atoms with van der Waals surface area (Å²) in [5, 5.41) is 9.42. The lowest BCUT2D eigenvalue weighted by atomic mass is 9.89. The highest BCUT2D eigenvalue weighted by atomic mass is 35.5. The first-order chi connectivity index (χ1) is 7.79. The smallest absolute Gasteiger partial charge is 0.0865 e. The van der Waals surface area contributed by atoms with Gasteiger partial charge in [-0.1, -0.05) is 23.7 Å². The summed E-state index contributed by atoms with van der Waals surface area (Å²) in [6, 6.07) is 10.4. The van der Waals surface area contributed by atoms with Crippen molar-refractivity contribution >= 4 is 11.6 Å². The average Bonchev–Trinajstić information content (AvgIpc) is 2.32. The third-order valence-corrected chi connectivity index (χ3v) is 3.48. The maximum absolute atomic E-state index is 8.63. The average molecular weight is 235 g/mol. The van der Waals surface area contributed by atoms with Gasteiger partial charge in [0.25, 0.3) is 0 Å². The van der Waals surface area contributed by atoms with Crippen molar-refractivity contribution in [3.63, 3.8) is 0 Å². The van der Waals surface area contributed by atoms with Gasteiger partial charge in [-0.3, -0.25) is 4.90 Å². The Balaban J connectivity index is 1.94. The van der Waals surface area contributed by atoms with Crippen molar-refractivity contribution in [3.05, 3.63) is 34.9 Å². The van der Waals surface area contributed by atoms with Crippen LogP contribution in [0.2, 0.25) is 5.02 Å². The van der Waals surface area contributed by atoms with E-state index < -0.39 is 0 Å². The van der Waals surface area contributed by atoms with Crippen LogP contribution in [0.15, 0.2) is 24.3 Å². The predicted octanol–water partition coefficient (Wildman–Crippen LogP) is 3.04. The highest BCUT2D eigenvalue weighted by Gasteiger charge is 2.19. The number of piperidine rings is 1. The molecular formula is C13H15ClN2. The minimum absolute atomic E-state index is 0.563. The fourth-order valence-electron chi connectivity index (χ4n) is 2.26. The van der Waals surface area contributed by atoms with Crippen LogP contribution in [-0.4, -0.2) is 24.5 Å². The van der Waals surface area contributed by atoms with Crippen LogP contribution in [0.4, 0.5) is 0 Å². The lowest BCUT2D eigenvalue weighted by Crippen LogP contribution is -2.33. The van der Waals surface area contributed by atoms with E-state index in [2.05, 4.69) is 23.1 Å². The number of hydrogen-bond donors (Lipinski definition) is 0. The molecule has 0 radical (unpaired) electrons. The lowest BCUT2D eigenvalue weighted by Gasteiger charge is -2.30. The molecule has 0 aliphatic carbocycles. The van der Waals surface area contributed by atoms with Crippen LogP contribution in [0.1, 0.15) is 24.3 Å². The maximum Gasteiger partial charge on any atom is 0.0865 e. The highest BCUT2D eigenvalue weighted by Crippen LogP contribution is 2.28. The number of likely N-dealkylation sites (tertiary alicyclic amines) is 1. The van der Waals surface area contributed by atoms with Gasteiger partial charge in [0, 0.05) is 5.02 Å². The second-order valence-electron chi connectivity index (χ2n) is 4.26. The van der Waals surface area contributed by atoms with E-state index in [1.807, 2.05) is 12.1 Å². The normalized spacial score (nSPS) is 18.2. The first-order valence-electron chi connectivity index (χ1n) is 5.64. The molecule has 3 heteroatoms. The number of halogens is 1. The molecule has 84 valence electrons. The molecule has 0 spiro atoms. The van der Waals surface area contributed by atoms with Gasteiger partial charge >= 0.3 is 0 Å². The van der Waals surface area contributed by atoms with E-state index in [0.717, 1.165) is 31.0 Å². The Morgan fingerprint density at radius 2 is 1.88 bits per heavy atom. The first kappa shape index (κ1) is 11.4. The summed E-state index contributed by atoms with van der Waals surface area (Å²) in [6.07, 6.45) is 2.28. The molecule has 0 unspecified atom stereocenters. The predicted molar refractivity (Wildman–Crippen MR) is 65.5 cm³/mol. The molecule has 0 amide bonds. The van der Waals surface area contributed by atoms with Gasteiger partial charge in [0.2, 0.25) is 0 Å². The van der Waals surface area contributed by atoms with Crippen molar-refractivity contribution in [2.45, 2.75) is 18.8 Å². The standard InChI is InChI=1S/C13H15ClN2/c14-13-3-1-11(2-4-13)12-5-8-16(9-6-12)10-7-15/h1-4,12H,5-6,8-10H2. The van der Waals surface area contributed by atoms with Crippen molar-refractivity contribution in [1.29, 1.82) is 5.26 Å². The maximum atomic E-state index is 8.63. The lowest BCUT2D eigenvalue weighted by molar-refractivity contribution is 0.235. The number of rotatable bonds is 2. The van der Waals surface area contributed by atoms with Gasteiger partial charge in [-0.05, 0) is 49.5 Å². The Bertz CT molecular complexity index is 372. The van der Waals surface area contributed by atoms with E-state index in [-0.39, 0.29) is 0 Å². The van der Waals surface area contributed by atoms with Crippen LogP contribution in [0.3, 0.4) is 0 Å². The quantitative estimate of drug-likeness (QED) is 0.736. The Labute approximate surface area is 101 Å². The molecule has 0 aromatic heterocycles. The van der Waals surface area contributed by atoms with Gasteiger partial charge in [0.1, 0.15) is 0 Å². The molecule has 0 bridgehead atoms. The molecule has 1 aromatic carbocycles. The third kappa shape index (κ3) is 2.75. The SMILES string of the molecule is N#CCN1CCC(c2ccc(Cl)cc2)CC1. The van der Waals surface area contributed by atoms with Crippen LogP contribution in [0.5, 0.6) is 0 Å². The zero-order valence-corrected chi connectivity index (χ0v) is 9.95. The number of nitrogens with zero attached hydrogens (tertiary/aromatic N) is 2. The summed E-state index contributed by atoms with van der Waals surface area (Å²) < 4.78 is 0. The summed E-state index contributed by atoms with van der Waals surface area (Å²) in [5.41, 5.74) is 1.38. The highest BCUT2D eigenvalue weighted by molar-refractivity contribution is 6.30. The van der Waals surface area contributed by atoms with E-state index in [1.165, 1.54) is 5.56 Å². The molecule has 0 atom stereocenters. The third-order valence-electron chi connectivity index (χ3n) is 3.22. The summed E-state index contributed by atoms with van der Waals surface area (Å²) >= 11 is 5.87. The number of benzene rings is 1. The van der Waals surface area contributed by atoms with Gasteiger partial charge in [-0.15, -0.1) is 0 Å². The van der Waals surface area contributed by atoms with Gasteiger partial charge in [-0.2, -0.15) is 5.26 Å². The zero-order chi connectivity index (χ0) is 11.4. The van der Waals surface area contributed by atoms with Crippen molar-refractivity contribution in [3.8, 4) is 6.07 Å². The monoisotopic (exact) mass is 234 g/mol. The van der Waals surface area contributed by atoms with E-state index >= 15 is 0 Å². The molecule has 1 saturated heterocycles. The summed E-state index contributed by atoms with van der Waals surface area (Å²) in [5.74, 6) is 0.632. The fourth-order valence-corrected chi connectivity index (χ4v) is 2.39. The van der Waals surface area contributed by atoms with E-state index in [4.69, 9.17) is 16.9 Å². The molecule has 0 saturated carbocycles. The molecule has 1 aliphatic heterocycles. The molecular weight excluding hydrogens is 220 g/mol. The zero-order valence-electron chi connectivity index (χ0n) is 9.19.